The van der Waals surface area contributed by atoms with Crippen LogP contribution < -0.4 is 4.72 Å². The highest BCUT2D eigenvalue weighted by molar-refractivity contribution is 7.89. The molecule has 0 aromatic rings. The van der Waals surface area contributed by atoms with E-state index < -0.39 is 22.0 Å². The fourth-order valence-corrected chi connectivity index (χ4v) is 4.21. The van der Waals surface area contributed by atoms with Crippen LogP contribution >= 0.6 is 0 Å². The molecule has 0 radical (unpaired) electrons. The number of hydrogen-bond donors (Lipinski definition) is 2. The molecule has 0 saturated carbocycles. The van der Waals surface area contributed by atoms with Gasteiger partial charge in [-0.25, -0.2) is 13.1 Å². The summed E-state index contributed by atoms with van der Waals surface area (Å²) in [6, 6.07) is -1.06. The van der Waals surface area contributed by atoms with Crippen LogP contribution in [0.4, 0.5) is 0 Å². The van der Waals surface area contributed by atoms with Crippen molar-refractivity contribution in [1.82, 2.24) is 4.72 Å². The van der Waals surface area contributed by atoms with E-state index in [0.717, 1.165) is 19.3 Å². The minimum absolute atomic E-state index is 0.0165. The lowest BCUT2D eigenvalue weighted by atomic mass is 10.0. The zero-order valence-electron chi connectivity index (χ0n) is 16.3. The number of carbonyl (C=O) groups is 1. The molecular weight excluding hydrogens is 338 g/mol. The van der Waals surface area contributed by atoms with Gasteiger partial charge in [0.2, 0.25) is 10.0 Å². The van der Waals surface area contributed by atoms with Gasteiger partial charge in [-0.3, -0.25) is 4.79 Å². The van der Waals surface area contributed by atoms with Crippen molar-refractivity contribution in [3.8, 4) is 0 Å². The number of nitrogens with one attached hydrogen (secondary N) is 1. The molecule has 0 fully saturated rings. The van der Waals surface area contributed by atoms with E-state index in [2.05, 4.69) is 11.6 Å². The minimum Gasteiger partial charge on any atom is -0.480 e. The Hall–Kier alpha value is -0.620. The Morgan fingerprint density at radius 2 is 1.16 bits per heavy atom. The lowest BCUT2D eigenvalue weighted by Crippen LogP contribution is -2.39. The maximum atomic E-state index is 11.7. The van der Waals surface area contributed by atoms with Crippen molar-refractivity contribution in [3.05, 3.63) is 0 Å². The summed E-state index contributed by atoms with van der Waals surface area (Å²) in [5, 5.41) is 8.71. The van der Waals surface area contributed by atoms with Crippen molar-refractivity contribution in [3.63, 3.8) is 0 Å². The highest BCUT2D eigenvalue weighted by Gasteiger charge is 2.18. The van der Waals surface area contributed by atoms with Crippen LogP contribution in [-0.4, -0.2) is 31.3 Å². The van der Waals surface area contributed by atoms with Crippen LogP contribution in [0.2, 0.25) is 0 Å². The Morgan fingerprint density at radius 1 is 0.800 bits per heavy atom. The van der Waals surface area contributed by atoms with Gasteiger partial charge in [0, 0.05) is 0 Å². The maximum Gasteiger partial charge on any atom is 0.321 e. The van der Waals surface area contributed by atoms with Crippen LogP contribution in [0.1, 0.15) is 104 Å². The predicted molar refractivity (Wildman–Crippen MR) is 104 cm³/mol. The quantitative estimate of drug-likeness (QED) is 0.334. The summed E-state index contributed by atoms with van der Waals surface area (Å²) < 4.78 is 25.6. The number of carboxylic acids is 1. The average Bonchev–Trinajstić information content (AvgIpc) is 2.54. The first-order valence-corrected chi connectivity index (χ1v) is 11.8. The van der Waals surface area contributed by atoms with Crippen molar-refractivity contribution >= 4 is 16.0 Å². The summed E-state index contributed by atoms with van der Waals surface area (Å²) in [4.78, 5) is 10.7. The SMILES string of the molecule is CCCCCCCCCCCCCCCCS(=O)(=O)NC(C)C(=O)O. The van der Waals surface area contributed by atoms with Gasteiger partial charge in [-0.15, -0.1) is 0 Å². The van der Waals surface area contributed by atoms with E-state index in [4.69, 9.17) is 5.11 Å². The second-order valence-electron chi connectivity index (χ2n) is 7.09. The molecule has 0 rings (SSSR count). The molecule has 0 aromatic carbocycles. The van der Waals surface area contributed by atoms with Crippen LogP contribution in [-0.2, 0) is 14.8 Å². The Labute approximate surface area is 155 Å². The molecule has 0 aliphatic rings. The monoisotopic (exact) mass is 377 g/mol. The molecule has 25 heavy (non-hydrogen) atoms. The average molecular weight is 378 g/mol. The summed E-state index contributed by atoms with van der Waals surface area (Å²) in [7, 11) is -3.47. The maximum absolute atomic E-state index is 11.7. The smallest absolute Gasteiger partial charge is 0.321 e. The van der Waals surface area contributed by atoms with Gasteiger partial charge in [0.1, 0.15) is 6.04 Å². The third-order valence-corrected chi connectivity index (χ3v) is 6.03. The predicted octanol–water partition coefficient (Wildman–Crippen LogP) is 4.86. The molecule has 5 nitrogen and oxygen atoms in total. The molecule has 0 saturated heterocycles. The zero-order valence-corrected chi connectivity index (χ0v) is 17.1. The molecule has 0 aromatic heterocycles. The molecule has 0 spiro atoms. The first-order valence-electron chi connectivity index (χ1n) is 10.1. The van der Waals surface area contributed by atoms with Gasteiger partial charge in [0.25, 0.3) is 0 Å². The lowest BCUT2D eigenvalue weighted by molar-refractivity contribution is -0.138. The fourth-order valence-electron chi connectivity index (χ4n) is 2.87. The molecule has 1 atom stereocenters. The molecule has 0 amide bonds. The number of unbranched alkanes of at least 4 members (excludes halogenated alkanes) is 13. The molecular formula is C19H39NO4S. The Bertz CT molecular complexity index is 423. The Balaban J connectivity index is 3.37. The van der Waals surface area contributed by atoms with Crippen molar-refractivity contribution in [2.24, 2.45) is 0 Å². The molecule has 0 bridgehead atoms. The van der Waals surface area contributed by atoms with Gasteiger partial charge < -0.3 is 5.11 Å². The Kier molecular flexibility index (Phi) is 15.2. The van der Waals surface area contributed by atoms with Gasteiger partial charge in [-0.05, 0) is 13.3 Å². The standard InChI is InChI=1S/C19H39NO4S/c1-3-4-5-6-7-8-9-10-11-12-13-14-15-16-17-25(23,24)20-18(2)19(21)22/h18,20H,3-17H2,1-2H3,(H,21,22). The molecule has 2 N–H and O–H groups in total. The Morgan fingerprint density at radius 3 is 1.52 bits per heavy atom. The van der Waals surface area contributed by atoms with Crippen LogP contribution in [0.3, 0.4) is 0 Å². The molecule has 0 aliphatic heterocycles. The molecule has 0 heterocycles. The van der Waals surface area contributed by atoms with Crippen LogP contribution in [0, 0.1) is 0 Å². The van der Waals surface area contributed by atoms with Gasteiger partial charge in [-0.1, -0.05) is 90.4 Å². The number of hydrogen-bond acceptors (Lipinski definition) is 3. The largest absolute Gasteiger partial charge is 0.480 e. The van der Waals surface area contributed by atoms with Crippen molar-refractivity contribution in [1.29, 1.82) is 0 Å². The van der Waals surface area contributed by atoms with Gasteiger partial charge in [-0.2, -0.15) is 0 Å². The summed E-state index contributed by atoms with van der Waals surface area (Å²) in [5.74, 6) is -1.13. The third kappa shape index (κ3) is 16.6. The fraction of sp³-hybridized carbons (Fsp3) is 0.947. The van der Waals surface area contributed by atoms with Crippen molar-refractivity contribution in [2.75, 3.05) is 5.75 Å². The van der Waals surface area contributed by atoms with E-state index in [1.165, 1.54) is 71.1 Å². The highest BCUT2D eigenvalue weighted by Crippen LogP contribution is 2.13. The number of sulfonamides is 1. The number of carboxylic acid groups (broad SMARTS) is 1. The second kappa shape index (κ2) is 15.6. The van der Waals surface area contributed by atoms with Crippen LogP contribution in [0.5, 0.6) is 0 Å². The lowest BCUT2D eigenvalue weighted by Gasteiger charge is -2.09. The first-order chi connectivity index (χ1) is 11.9. The van der Waals surface area contributed by atoms with E-state index in [0.29, 0.717) is 6.42 Å². The summed E-state index contributed by atoms with van der Waals surface area (Å²) in [6.07, 6.45) is 17.1. The number of rotatable bonds is 18. The van der Waals surface area contributed by atoms with Gasteiger partial charge in [0.15, 0.2) is 0 Å². The molecule has 150 valence electrons. The van der Waals surface area contributed by atoms with Crippen LogP contribution in [0.25, 0.3) is 0 Å². The number of aliphatic carboxylic acids is 1. The van der Waals surface area contributed by atoms with E-state index in [1.807, 2.05) is 0 Å². The van der Waals surface area contributed by atoms with Crippen LogP contribution in [0.15, 0.2) is 0 Å². The van der Waals surface area contributed by atoms with Crippen molar-refractivity contribution in [2.45, 2.75) is 110 Å². The van der Waals surface area contributed by atoms with E-state index in [1.54, 1.807) is 0 Å². The van der Waals surface area contributed by atoms with E-state index in [-0.39, 0.29) is 5.75 Å². The zero-order chi connectivity index (χ0) is 19.0. The van der Waals surface area contributed by atoms with E-state index in [9.17, 15) is 13.2 Å². The van der Waals surface area contributed by atoms with Gasteiger partial charge in [0.05, 0.1) is 5.75 Å². The third-order valence-electron chi connectivity index (χ3n) is 4.49. The summed E-state index contributed by atoms with van der Waals surface area (Å²) in [5.41, 5.74) is 0. The summed E-state index contributed by atoms with van der Waals surface area (Å²) in [6.45, 7) is 3.58. The highest BCUT2D eigenvalue weighted by atomic mass is 32.2. The second-order valence-corrected chi connectivity index (χ2v) is 8.97. The van der Waals surface area contributed by atoms with Gasteiger partial charge >= 0.3 is 5.97 Å². The van der Waals surface area contributed by atoms with Crippen molar-refractivity contribution < 1.29 is 18.3 Å². The van der Waals surface area contributed by atoms with E-state index >= 15 is 0 Å². The topological polar surface area (TPSA) is 83.5 Å². The molecule has 0 aliphatic carbocycles. The normalized spacial score (nSPS) is 13.0. The minimum atomic E-state index is -3.47. The summed E-state index contributed by atoms with van der Waals surface area (Å²) >= 11 is 0. The molecule has 1 unspecified atom stereocenters. The molecule has 6 heteroatoms. The first kappa shape index (κ1) is 24.4.